The van der Waals surface area contributed by atoms with E-state index in [0.29, 0.717) is 16.5 Å². The third-order valence-corrected chi connectivity index (χ3v) is 5.56. The molecule has 1 aromatic heterocycles. The number of hydrogen-bond donors (Lipinski definition) is 3. The first-order valence-electron chi connectivity index (χ1n) is 9.65. The van der Waals surface area contributed by atoms with Gasteiger partial charge in [0.05, 0.1) is 5.69 Å². The molecule has 0 saturated carbocycles. The predicted octanol–water partition coefficient (Wildman–Crippen LogP) is 5.72. The van der Waals surface area contributed by atoms with Gasteiger partial charge in [0.25, 0.3) is 0 Å². The summed E-state index contributed by atoms with van der Waals surface area (Å²) in [5.74, 6) is 1.51. The average molecular weight is 412 g/mol. The van der Waals surface area contributed by atoms with Gasteiger partial charge in [-0.25, -0.2) is 14.4 Å². The van der Waals surface area contributed by atoms with E-state index in [2.05, 4.69) is 32.8 Å². The Morgan fingerprint density at radius 2 is 1.86 bits per heavy atom. The standard InChI is InChI=1S/C22H23ClFN5/c1-13-3-8-18(24)22-21(13)17(14(2)28-22)9-10-25-19-11-20(27-12-26-19)29-16-6-4-15(23)5-7-16/h3-8,11-12,14,17,28H,9-10H2,1-2H3,(H2,25,26,27,29). The molecule has 0 aliphatic carbocycles. The summed E-state index contributed by atoms with van der Waals surface area (Å²) in [6.07, 6.45) is 2.39. The quantitative estimate of drug-likeness (QED) is 0.484. The van der Waals surface area contributed by atoms with Crippen LogP contribution >= 0.6 is 11.6 Å². The normalized spacial score (nSPS) is 17.5. The monoisotopic (exact) mass is 411 g/mol. The van der Waals surface area contributed by atoms with Gasteiger partial charge >= 0.3 is 0 Å². The lowest BCUT2D eigenvalue weighted by atomic mass is 9.89. The van der Waals surface area contributed by atoms with E-state index in [1.54, 1.807) is 0 Å². The van der Waals surface area contributed by atoms with Gasteiger partial charge in [0.15, 0.2) is 0 Å². The zero-order chi connectivity index (χ0) is 20.4. The van der Waals surface area contributed by atoms with Crippen molar-refractivity contribution in [1.82, 2.24) is 9.97 Å². The number of fused-ring (bicyclic) bond motifs is 1. The number of nitrogens with one attached hydrogen (secondary N) is 3. The van der Waals surface area contributed by atoms with Crippen molar-refractivity contribution in [3.05, 3.63) is 70.8 Å². The zero-order valence-electron chi connectivity index (χ0n) is 16.3. The van der Waals surface area contributed by atoms with Crippen LogP contribution in [0.25, 0.3) is 0 Å². The molecule has 2 heterocycles. The molecule has 0 fully saturated rings. The largest absolute Gasteiger partial charge is 0.379 e. The summed E-state index contributed by atoms with van der Waals surface area (Å²) < 4.78 is 14.1. The summed E-state index contributed by atoms with van der Waals surface area (Å²) in [7, 11) is 0. The van der Waals surface area contributed by atoms with Crippen LogP contribution in [-0.4, -0.2) is 22.6 Å². The minimum Gasteiger partial charge on any atom is -0.379 e. The molecule has 4 rings (SSSR count). The van der Waals surface area contributed by atoms with E-state index in [9.17, 15) is 4.39 Å². The van der Waals surface area contributed by atoms with Crippen molar-refractivity contribution in [2.75, 3.05) is 22.5 Å². The molecule has 5 nitrogen and oxygen atoms in total. The Hall–Kier alpha value is -2.86. The first-order valence-corrected chi connectivity index (χ1v) is 10.0. The van der Waals surface area contributed by atoms with Gasteiger partial charge in [0.1, 0.15) is 23.8 Å². The molecule has 3 N–H and O–H groups in total. The zero-order valence-corrected chi connectivity index (χ0v) is 17.1. The number of aryl methyl sites for hydroxylation is 1. The van der Waals surface area contributed by atoms with Gasteiger partial charge in [-0.1, -0.05) is 17.7 Å². The number of rotatable bonds is 6. The molecule has 0 saturated heterocycles. The highest BCUT2D eigenvalue weighted by atomic mass is 35.5. The molecule has 0 bridgehead atoms. The van der Waals surface area contributed by atoms with E-state index in [1.807, 2.05) is 43.3 Å². The van der Waals surface area contributed by atoms with Crippen molar-refractivity contribution >= 4 is 34.6 Å². The maximum atomic E-state index is 14.1. The highest BCUT2D eigenvalue weighted by Crippen LogP contribution is 2.41. The predicted molar refractivity (Wildman–Crippen MR) is 117 cm³/mol. The van der Waals surface area contributed by atoms with E-state index in [-0.39, 0.29) is 17.8 Å². The van der Waals surface area contributed by atoms with Gasteiger partial charge in [-0.2, -0.15) is 0 Å². The molecular formula is C22H23ClFN5. The van der Waals surface area contributed by atoms with Crippen LogP contribution in [0.1, 0.15) is 30.4 Å². The summed E-state index contributed by atoms with van der Waals surface area (Å²) in [5.41, 5.74) is 3.77. The maximum absolute atomic E-state index is 14.1. The minimum atomic E-state index is -0.179. The summed E-state index contributed by atoms with van der Waals surface area (Å²) in [5, 5.41) is 10.6. The number of nitrogens with zero attached hydrogens (tertiary/aromatic N) is 2. The van der Waals surface area contributed by atoms with Crippen molar-refractivity contribution in [2.45, 2.75) is 32.2 Å². The van der Waals surface area contributed by atoms with E-state index < -0.39 is 0 Å². The molecule has 7 heteroatoms. The molecule has 2 unspecified atom stereocenters. The fraction of sp³-hybridized carbons (Fsp3) is 0.273. The summed E-state index contributed by atoms with van der Waals surface area (Å²) in [6.45, 7) is 4.86. The smallest absolute Gasteiger partial charge is 0.146 e. The summed E-state index contributed by atoms with van der Waals surface area (Å²) >= 11 is 5.92. The molecular weight excluding hydrogens is 389 g/mol. The Morgan fingerprint density at radius 3 is 2.66 bits per heavy atom. The highest BCUT2D eigenvalue weighted by Gasteiger charge is 2.32. The van der Waals surface area contributed by atoms with E-state index in [0.717, 1.165) is 35.6 Å². The molecule has 2 atom stereocenters. The van der Waals surface area contributed by atoms with Gasteiger partial charge in [-0.15, -0.1) is 0 Å². The fourth-order valence-corrected chi connectivity index (χ4v) is 3.98. The fourth-order valence-electron chi connectivity index (χ4n) is 3.85. The number of aromatic nitrogens is 2. The molecule has 150 valence electrons. The highest BCUT2D eigenvalue weighted by molar-refractivity contribution is 6.30. The van der Waals surface area contributed by atoms with Crippen molar-refractivity contribution in [3.63, 3.8) is 0 Å². The summed E-state index contributed by atoms with van der Waals surface area (Å²) in [4.78, 5) is 8.55. The van der Waals surface area contributed by atoms with E-state index in [1.165, 1.54) is 12.4 Å². The first-order chi connectivity index (χ1) is 14.0. The van der Waals surface area contributed by atoms with Crippen LogP contribution < -0.4 is 16.0 Å². The lowest BCUT2D eigenvalue weighted by Crippen LogP contribution is -2.19. The molecule has 1 aliphatic rings. The Bertz CT molecular complexity index is 1010. The Morgan fingerprint density at radius 1 is 1.10 bits per heavy atom. The molecule has 0 spiro atoms. The van der Waals surface area contributed by atoms with Gasteiger partial charge < -0.3 is 16.0 Å². The average Bonchev–Trinajstić information content (AvgIpc) is 3.05. The second kappa shape index (κ2) is 8.25. The van der Waals surface area contributed by atoms with E-state index >= 15 is 0 Å². The molecule has 2 aromatic carbocycles. The van der Waals surface area contributed by atoms with Crippen LogP contribution in [0, 0.1) is 12.7 Å². The van der Waals surface area contributed by atoms with Crippen LogP contribution in [0.2, 0.25) is 5.02 Å². The Labute approximate surface area is 174 Å². The second-order valence-electron chi connectivity index (χ2n) is 7.33. The van der Waals surface area contributed by atoms with Crippen molar-refractivity contribution in [1.29, 1.82) is 0 Å². The van der Waals surface area contributed by atoms with Gasteiger partial charge in [0, 0.05) is 35.3 Å². The van der Waals surface area contributed by atoms with E-state index in [4.69, 9.17) is 11.6 Å². The van der Waals surface area contributed by atoms with Crippen LogP contribution in [0.5, 0.6) is 0 Å². The van der Waals surface area contributed by atoms with Gasteiger partial charge in [-0.3, -0.25) is 0 Å². The van der Waals surface area contributed by atoms with Crippen LogP contribution in [0.4, 0.5) is 27.4 Å². The third-order valence-electron chi connectivity index (χ3n) is 5.30. The number of halogens is 2. The maximum Gasteiger partial charge on any atom is 0.146 e. The second-order valence-corrected chi connectivity index (χ2v) is 7.76. The van der Waals surface area contributed by atoms with Gasteiger partial charge in [0.2, 0.25) is 0 Å². The number of benzene rings is 2. The van der Waals surface area contributed by atoms with Crippen LogP contribution in [0.15, 0.2) is 48.8 Å². The van der Waals surface area contributed by atoms with Crippen molar-refractivity contribution < 1.29 is 4.39 Å². The van der Waals surface area contributed by atoms with Crippen LogP contribution in [-0.2, 0) is 0 Å². The van der Waals surface area contributed by atoms with Crippen LogP contribution in [0.3, 0.4) is 0 Å². The number of anilines is 4. The lowest BCUT2D eigenvalue weighted by molar-refractivity contribution is 0.596. The van der Waals surface area contributed by atoms with Crippen molar-refractivity contribution in [2.24, 2.45) is 0 Å². The topological polar surface area (TPSA) is 61.9 Å². The Kier molecular flexibility index (Phi) is 5.53. The first kappa shape index (κ1) is 19.5. The lowest BCUT2D eigenvalue weighted by Gasteiger charge is -2.18. The van der Waals surface area contributed by atoms with Gasteiger partial charge in [-0.05, 0) is 61.7 Å². The Balaban J connectivity index is 1.39. The van der Waals surface area contributed by atoms with Crippen molar-refractivity contribution in [3.8, 4) is 0 Å². The summed E-state index contributed by atoms with van der Waals surface area (Å²) in [6, 6.07) is 12.9. The molecule has 0 radical (unpaired) electrons. The molecule has 1 aliphatic heterocycles. The molecule has 29 heavy (non-hydrogen) atoms. The minimum absolute atomic E-state index is 0.179. The molecule has 3 aromatic rings. The third kappa shape index (κ3) is 4.27. The SMILES string of the molecule is Cc1ccc(F)c2c1C(CCNc1cc(Nc3ccc(Cl)cc3)ncn1)C(C)N2. The number of hydrogen-bond acceptors (Lipinski definition) is 5. The molecule has 0 amide bonds.